The van der Waals surface area contributed by atoms with Gasteiger partial charge in [0, 0.05) is 41.4 Å². The number of nitrogens with zero attached hydrogens (tertiary/aromatic N) is 1. The zero-order valence-electron chi connectivity index (χ0n) is 13.6. The third-order valence-corrected chi connectivity index (χ3v) is 6.20. The molecule has 2 atom stereocenters. The van der Waals surface area contributed by atoms with Crippen molar-refractivity contribution in [1.82, 2.24) is 10.2 Å². The average molecular weight is 305 g/mol. The predicted molar refractivity (Wildman–Crippen MR) is 92.1 cm³/mol. The van der Waals surface area contributed by atoms with Crippen molar-refractivity contribution in [2.75, 3.05) is 19.6 Å². The Bertz CT molecular complexity index is 461. The molecule has 0 aromatic heterocycles. The van der Waals surface area contributed by atoms with Gasteiger partial charge in [0.25, 0.3) is 0 Å². The molecule has 0 saturated carbocycles. The van der Waals surface area contributed by atoms with Crippen molar-refractivity contribution in [3.63, 3.8) is 0 Å². The van der Waals surface area contributed by atoms with E-state index in [1.54, 1.807) is 5.56 Å². The molecule has 0 bridgehead atoms. The maximum absolute atomic E-state index is 3.73. The number of nitrogens with one attached hydrogen (secondary N) is 1. The number of thioether (sulfide) groups is 1. The molecule has 1 aromatic rings. The highest BCUT2D eigenvalue weighted by Crippen LogP contribution is 2.38. The quantitative estimate of drug-likeness (QED) is 0.916. The van der Waals surface area contributed by atoms with Crippen molar-refractivity contribution >= 4 is 11.8 Å². The van der Waals surface area contributed by atoms with Crippen LogP contribution in [0.3, 0.4) is 0 Å². The van der Waals surface area contributed by atoms with Crippen molar-refractivity contribution < 1.29 is 0 Å². The maximum atomic E-state index is 3.73. The Morgan fingerprint density at radius 2 is 2.14 bits per heavy atom. The molecule has 1 fully saturated rings. The molecule has 0 amide bonds. The first-order valence-corrected chi connectivity index (χ1v) is 9.19. The third kappa shape index (κ3) is 3.46. The largest absolute Gasteiger partial charge is 0.311 e. The monoisotopic (exact) mass is 304 g/mol. The second-order valence-corrected chi connectivity index (χ2v) is 8.48. The Morgan fingerprint density at radius 1 is 1.33 bits per heavy atom. The summed E-state index contributed by atoms with van der Waals surface area (Å²) in [5.74, 6) is 0. The minimum Gasteiger partial charge on any atom is -0.311 e. The van der Waals surface area contributed by atoms with Crippen LogP contribution in [0.2, 0.25) is 0 Å². The highest BCUT2D eigenvalue weighted by molar-refractivity contribution is 8.00. The van der Waals surface area contributed by atoms with Crippen molar-refractivity contribution in [2.24, 2.45) is 0 Å². The van der Waals surface area contributed by atoms with E-state index in [2.05, 4.69) is 67.0 Å². The van der Waals surface area contributed by atoms with Gasteiger partial charge in [0.15, 0.2) is 0 Å². The van der Waals surface area contributed by atoms with Crippen molar-refractivity contribution in [2.45, 2.75) is 61.8 Å². The summed E-state index contributed by atoms with van der Waals surface area (Å²) in [6.45, 7) is 10.6. The predicted octanol–water partition coefficient (Wildman–Crippen LogP) is 3.56. The molecule has 3 heteroatoms. The minimum absolute atomic E-state index is 0.277. The van der Waals surface area contributed by atoms with Gasteiger partial charge in [0.2, 0.25) is 0 Å². The fourth-order valence-electron chi connectivity index (χ4n) is 3.55. The van der Waals surface area contributed by atoms with Crippen LogP contribution >= 0.6 is 11.8 Å². The SMILES string of the molecule is CCCC1CN(CC2Cc3ccccc3S2)C(C)(C)CN1. The van der Waals surface area contributed by atoms with E-state index in [1.807, 2.05) is 0 Å². The van der Waals surface area contributed by atoms with Gasteiger partial charge in [0.1, 0.15) is 0 Å². The van der Waals surface area contributed by atoms with Crippen molar-refractivity contribution in [3.05, 3.63) is 29.8 Å². The first-order valence-electron chi connectivity index (χ1n) is 8.31. The van der Waals surface area contributed by atoms with Gasteiger partial charge in [-0.25, -0.2) is 0 Å². The second-order valence-electron chi connectivity index (χ2n) is 7.14. The van der Waals surface area contributed by atoms with Crippen LogP contribution in [0, 0.1) is 0 Å². The van der Waals surface area contributed by atoms with Crippen LogP contribution < -0.4 is 5.32 Å². The van der Waals surface area contributed by atoms with Gasteiger partial charge in [-0.2, -0.15) is 0 Å². The third-order valence-electron chi connectivity index (χ3n) is 4.90. The molecule has 2 aliphatic heterocycles. The van der Waals surface area contributed by atoms with Gasteiger partial charge in [0.05, 0.1) is 0 Å². The first-order chi connectivity index (χ1) is 10.1. The van der Waals surface area contributed by atoms with E-state index < -0.39 is 0 Å². The van der Waals surface area contributed by atoms with E-state index in [9.17, 15) is 0 Å². The van der Waals surface area contributed by atoms with E-state index in [1.165, 1.54) is 37.2 Å². The smallest absolute Gasteiger partial charge is 0.0278 e. The summed E-state index contributed by atoms with van der Waals surface area (Å²) >= 11 is 2.08. The summed E-state index contributed by atoms with van der Waals surface area (Å²) in [6.07, 6.45) is 3.81. The lowest BCUT2D eigenvalue weighted by atomic mass is 9.95. The molecule has 2 aliphatic rings. The molecule has 1 N–H and O–H groups in total. The Kier molecular flexibility index (Phi) is 4.63. The zero-order chi connectivity index (χ0) is 14.9. The average Bonchev–Trinajstić information content (AvgIpc) is 2.85. The zero-order valence-corrected chi connectivity index (χ0v) is 14.4. The summed E-state index contributed by atoms with van der Waals surface area (Å²) < 4.78 is 0. The van der Waals surface area contributed by atoms with Crippen LogP contribution in [0.15, 0.2) is 29.2 Å². The number of hydrogen-bond acceptors (Lipinski definition) is 3. The highest BCUT2D eigenvalue weighted by Gasteiger charge is 2.36. The van der Waals surface area contributed by atoms with E-state index in [4.69, 9.17) is 0 Å². The fraction of sp³-hybridized carbons (Fsp3) is 0.667. The topological polar surface area (TPSA) is 15.3 Å². The molecule has 0 spiro atoms. The van der Waals surface area contributed by atoms with E-state index >= 15 is 0 Å². The van der Waals surface area contributed by atoms with Crippen LogP contribution in [-0.4, -0.2) is 41.4 Å². The first kappa shape index (κ1) is 15.4. The number of benzene rings is 1. The summed E-state index contributed by atoms with van der Waals surface area (Å²) in [5.41, 5.74) is 1.82. The molecule has 2 unspecified atom stereocenters. The van der Waals surface area contributed by atoms with Crippen molar-refractivity contribution in [1.29, 1.82) is 0 Å². The Morgan fingerprint density at radius 3 is 2.90 bits per heavy atom. The number of hydrogen-bond donors (Lipinski definition) is 1. The molecular formula is C18H28N2S. The molecule has 0 aliphatic carbocycles. The molecule has 2 nitrogen and oxygen atoms in total. The maximum Gasteiger partial charge on any atom is 0.0278 e. The standard InChI is InChI=1S/C18H28N2S/c1-4-7-15-11-20(18(2,3)13-19-15)12-16-10-14-8-5-6-9-17(14)21-16/h5-6,8-9,15-16,19H,4,7,10-13H2,1-3H3. The van der Waals surface area contributed by atoms with E-state index in [-0.39, 0.29) is 5.54 Å². The number of rotatable bonds is 4. The molecule has 1 aromatic carbocycles. The lowest BCUT2D eigenvalue weighted by molar-refractivity contribution is 0.0645. The number of piperazine rings is 1. The summed E-state index contributed by atoms with van der Waals surface area (Å²) in [7, 11) is 0. The summed E-state index contributed by atoms with van der Waals surface area (Å²) in [5, 5.41) is 4.46. The van der Waals surface area contributed by atoms with Crippen LogP contribution in [-0.2, 0) is 6.42 Å². The van der Waals surface area contributed by atoms with Gasteiger partial charge >= 0.3 is 0 Å². The van der Waals surface area contributed by atoms with Gasteiger partial charge in [-0.05, 0) is 38.3 Å². The lowest BCUT2D eigenvalue weighted by Crippen LogP contribution is -2.62. The van der Waals surface area contributed by atoms with Crippen molar-refractivity contribution in [3.8, 4) is 0 Å². The molecule has 3 rings (SSSR count). The minimum atomic E-state index is 0.277. The Hall–Kier alpha value is -0.510. The van der Waals surface area contributed by atoms with Crippen LogP contribution in [0.5, 0.6) is 0 Å². The Labute approximate surface area is 133 Å². The molecular weight excluding hydrogens is 276 g/mol. The van der Waals surface area contributed by atoms with Crippen LogP contribution in [0.4, 0.5) is 0 Å². The van der Waals surface area contributed by atoms with E-state index in [0.29, 0.717) is 6.04 Å². The van der Waals surface area contributed by atoms with E-state index in [0.717, 1.165) is 11.8 Å². The summed E-state index contributed by atoms with van der Waals surface area (Å²) in [6, 6.07) is 9.60. The Balaban J connectivity index is 1.63. The van der Waals surface area contributed by atoms with Gasteiger partial charge in [-0.15, -0.1) is 11.8 Å². The molecule has 116 valence electrons. The fourth-order valence-corrected chi connectivity index (χ4v) is 4.89. The van der Waals surface area contributed by atoms with Crippen LogP contribution in [0.25, 0.3) is 0 Å². The number of fused-ring (bicyclic) bond motifs is 1. The molecule has 1 saturated heterocycles. The van der Waals surface area contributed by atoms with Crippen LogP contribution in [0.1, 0.15) is 39.2 Å². The van der Waals surface area contributed by atoms with Gasteiger partial charge < -0.3 is 5.32 Å². The second kappa shape index (κ2) is 6.31. The summed E-state index contributed by atoms with van der Waals surface area (Å²) in [4.78, 5) is 4.23. The highest BCUT2D eigenvalue weighted by atomic mass is 32.2. The molecule has 2 heterocycles. The van der Waals surface area contributed by atoms with Gasteiger partial charge in [-0.1, -0.05) is 31.5 Å². The lowest BCUT2D eigenvalue weighted by Gasteiger charge is -2.47. The normalized spacial score (nSPS) is 28.5. The van der Waals surface area contributed by atoms with Gasteiger partial charge in [-0.3, -0.25) is 4.90 Å². The molecule has 0 radical (unpaired) electrons. The molecule has 21 heavy (non-hydrogen) atoms.